The van der Waals surface area contributed by atoms with E-state index in [0.717, 1.165) is 0 Å². The van der Waals surface area contributed by atoms with Gasteiger partial charge in [-0.2, -0.15) is 0 Å². The number of halogens is 2. The summed E-state index contributed by atoms with van der Waals surface area (Å²) in [5, 5.41) is 0.207. The quantitative estimate of drug-likeness (QED) is 0.616. The van der Waals surface area contributed by atoms with E-state index in [1.54, 1.807) is 4.90 Å². The fraction of sp³-hybridized carbons (Fsp3) is 0.444. The molecule has 1 saturated heterocycles. The van der Waals surface area contributed by atoms with Gasteiger partial charge in [-0.25, -0.2) is 9.97 Å². The van der Waals surface area contributed by atoms with Crippen molar-refractivity contribution in [3.05, 3.63) is 11.5 Å². The van der Waals surface area contributed by atoms with Crippen molar-refractivity contribution in [2.24, 2.45) is 0 Å². The van der Waals surface area contributed by atoms with E-state index in [2.05, 4.69) is 25.9 Å². The van der Waals surface area contributed by atoms with Gasteiger partial charge in [0.25, 0.3) is 0 Å². The number of aromatic nitrogens is 2. The van der Waals surface area contributed by atoms with Crippen LogP contribution in [0.1, 0.15) is 6.42 Å². The first-order valence-corrected chi connectivity index (χ1v) is 5.91. The highest BCUT2D eigenvalue weighted by molar-refractivity contribution is 9.09. The Morgan fingerprint density at radius 3 is 2.94 bits per heavy atom. The zero-order valence-electron chi connectivity index (χ0n) is 8.48. The third-order valence-electron chi connectivity index (χ3n) is 2.28. The second-order valence-corrected chi connectivity index (χ2v) is 4.98. The van der Waals surface area contributed by atoms with E-state index in [9.17, 15) is 4.79 Å². The molecule has 1 unspecified atom stereocenters. The van der Waals surface area contributed by atoms with Crippen LogP contribution in [0, 0.1) is 0 Å². The normalized spacial score (nSPS) is 20.3. The predicted molar refractivity (Wildman–Crippen MR) is 63.3 cm³/mol. The molecule has 1 aliphatic rings. The Kier molecular flexibility index (Phi) is 3.30. The molecule has 16 heavy (non-hydrogen) atoms. The van der Waals surface area contributed by atoms with Crippen LogP contribution in [0.25, 0.3) is 0 Å². The second kappa shape index (κ2) is 4.55. The molecule has 0 aromatic carbocycles. The Morgan fingerprint density at radius 1 is 1.62 bits per heavy atom. The molecule has 1 atom stereocenters. The van der Waals surface area contributed by atoms with E-state index >= 15 is 0 Å². The van der Waals surface area contributed by atoms with Crippen LogP contribution in [0.15, 0.2) is 6.33 Å². The topological polar surface area (TPSA) is 55.3 Å². The van der Waals surface area contributed by atoms with E-state index < -0.39 is 0 Å². The molecule has 5 nitrogen and oxygen atoms in total. The molecular formula is C9H9BrClN3O2. The number of carbonyl (C=O) groups excluding carboxylic acids is 1. The van der Waals surface area contributed by atoms with Gasteiger partial charge in [-0.15, -0.1) is 0 Å². The van der Waals surface area contributed by atoms with Crippen molar-refractivity contribution in [3.8, 4) is 5.75 Å². The van der Waals surface area contributed by atoms with Gasteiger partial charge in [0, 0.05) is 17.8 Å². The van der Waals surface area contributed by atoms with Crippen molar-refractivity contribution in [2.45, 2.75) is 11.2 Å². The number of anilines is 1. The van der Waals surface area contributed by atoms with Crippen molar-refractivity contribution in [1.29, 1.82) is 0 Å². The van der Waals surface area contributed by atoms with Crippen LogP contribution < -0.4 is 9.64 Å². The fourth-order valence-corrected chi connectivity index (χ4v) is 2.35. The first-order valence-electron chi connectivity index (χ1n) is 4.62. The summed E-state index contributed by atoms with van der Waals surface area (Å²) >= 11 is 9.27. The zero-order chi connectivity index (χ0) is 11.7. The Morgan fingerprint density at radius 2 is 2.38 bits per heavy atom. The molecule has 0 radical (unpaired) electrons. The van der Waals surface area contributed by atoms with E-state index in [4.69, 9.17) is 16.3 Å². The van der Waals surface area contributed by atoms with Gasteiger partial charge in [-0.1, -0.05) is 27.5 Å². The number of ether oxygens (including phenoxy) is 1. The minimum Gasteiger partial charge on any atom is -0.490 e. The monoisotopic (exact) mass is 305 g/mol. The minimum absolute atomic E-state index is 0.00468. The van der Waals surface area contributed by atoms with Crippen molar-refractivity contribution in [2.75, 3.05) is 18.6 Å². The number of hydrogen-bond donors (Lipinski definition) is 0. The van der Waals surface area contributed by atoms with Crippen LogP contribution >= 0.6 is 27.5 Å². The molecule has 1 aromatic rings. The summed E-state index contributed by atoms with van der Waals surface area (Å²) in [4.78, 5) is 21.2. The lowest BCUT2D eigenvalue weighted by Gasteiger charge is -2.17. The molecule has 1 fully saturated rings. The maximum atomic E-state index is 11.7. The molecule has 7 heteroatoms. The largest absolute Gasteiger partial charge is 0.490 e. The van der Waals surface area contributed by atoms with Crippen LogP contribution in [-0.2, 0) is 4.79 Å². The molecular weight excluding hydrogens is 297 g/mol. The van der Waals surface area contributed by atoms with Crippen LogP contribution in [0.3, 0.4) is 0 Å². The van der Waals surface area contributed by atoms with Gasteiger partial charge in [0.15, 0.2) is 16.7 Å². The Balaban J connectivity index is 2.40. The van der Waals surface area contributed by atoms with Crippen LogP contribution in [0.5, 0.6) is 5.75 Å². The van der Waals surface area contributed by atoms with Crippen molar-refractivity contribution in [1.82, 2.24) is 9.97 Å². The highest BCUT2D eigenvalue weighted by Gasteiger charge is 2.32. The first kappa shape index (κ1) is 11.6. The van der Waals surface area contributed by atoms with E-state index in [-0.39, 0.29) is 15.9 Å². The standard InChI is InChI=1S/C9H9BrClN3O2/c1-16-7-8(11)12-4-13-9(7)14-3-5(10)2-6(14)15/h4-5H,2-3H2,1H3. The van der Waals surface area contributed by atoms with E-state index in [0.29, 0.717) is 24.5 Å². The smallest absolute Gasteiger partial charge is 0.229 e. The summed E-state index contributed by atoms with van der Waals surface area (Å²) < 4.78 is 5.11. The lowest BCUT2D eigenvalue weighted by atomic mass is 10.4. The highest BCUT2D eigenvalue weighted by Crippen LogP contribution is 2.34. The lowest BCUT2D eigenvalue weighted by molar-refractivity contribution is -0.117. The average Bonchev–Trinajstić information content (AvgIpc) is 2.57. The summed E-state index contributed by atoms with van der Waals surface area (Å²) in [7, 11) is 1.47. The Bertz CT molecular complexity index is 429. The lowest BCUT2D eigenvalue weighted by Crippen LogP contribution is -2.26. The molecule has 0 aliphatic carbocycles. The summed E-state index contributed by atoms with van der Waals surface area (Å²) in [6, 6.07) is 0. The molecule has 1 aliphatic heterocycles. The van der Waals surface area contributed by atoms with Crippen LogP contribution in [0.2, 0.25) is 5.15 Å². The van der Waals surface area contributed by atoms with Crippen molar-refractivity contribution in [3.63, 3.8) is 0 Å². The number of hydrogen-bond acceptors (Lipinski definition) is 4. The van der Waals surface area contributed by atoms with Gasteiger partial charge in [-0.05, 0) is 0 Å². The van der Waals surface area contributed by atoms with Crippen LogP contribution in [0.4, 0.5) is 5.82 Å². The van der Waals surface area contributed by atoms with Gasteiger partial charge < -0.3 is 4.74 Å². The van der Waals surface area contributed by atoms with Crippen LogP contribution in [-0.4, -0.2) is 34.4 Å². The fourth-order valence-electron chi connectivity index (χ4n) is 1.58. The average molecular weight is 307 g/mol. The van der Waals surface area contributed by atoms with E-state index in [1.165, 1.54) is 13.4 Å². The molecule has 1 amide bonds. The summed E-state index contributed by atoms with van der Waals surface area (Å²) in [6.45, 7) is 0.558. The second-order valence-electron chi connectivity index (χ2n) is 3.33. The molecule has 86 valence electrons. The summed E-state index contributed by atoms with van der Waals surface area (Å²) in [5.74, 6) is 0.753. The van der Waals surface area contributed by atoms with Gasteiger partial charge in [0.1, 0.15) is 6.33 Å². The number of carbonyl (C=O) groups is 1. The van der Waals surface area contributed by atoms with E-state index in [1.807, 2.05) is 0 Å². The third-order valence-corrected chi connectivity index (χ3v) is 3.16. The minimum atomic E-state index is -0.00468. The number of alkyl halides is 1. The summed E-state index contributed by atoms with van der Waals surface area (Å²) in [6.07, 6.45) is 1.76. The molecule has 0 N–H and O–H groups in total. The van der Waals surface area contributed by atoms with Gasteiger partial charge in [0.05, 0.1) is 7.11 Å². The zero-order valence-corrected chi connectivity index (χ0v) is 10.8. The molecule has 2 rings (SSSR count). The van der Waals surface area contributed by atoms with Crippen molar-refractivity contribution >= 4 is 39.3 Å². The first-order chi connectivity index (χ1) is 7.63. The molecule has 0 bridgehead atoms. The van der Waals surface area contributed by atoms with Gasteiger partial charge in [0.2, 0.25) is 5.91 Å². The molecule has 2 heterocycles. The SMILES string of the molecule is COc1c(Cl)ncnc1N1CC(Br)CC1=O. The Hall–Kier alpha value is -0.880. The maximum Gasteiger partial charge on any atom is 0.229 e. The number of nitrogens with zero attached hydrogens (tertiary/aromatic N) is 3. The number of methoxy groups -OCH3 is 1. The molecule has 1 aromatic heterocycles. The van der Waals surface area contributed by atoms with Gasteiger partial charge >= 0.3 is 0 Å². The maximum absolute atomic E-state index is 11.7. The molecule has 0 saturated carbocycles. The summed E-state index contributed by atoms with van der Waals surface area (Å²) in [5.41, 5.74) is 0. The predicted octanol–water partition coefficient (Wildman–Crippen LogP) is 1.64. The Labute approximate surface area is 106 Å². The number of rotatable bonds is 2. The van der Waals surface area contributed by atoms with Gasteiger partial charge in [-0.3, -0.25) is 9.69 Å². The highest BCUT2D eigenvalue weighted by atomic mass is 79.9. The third kappa shape index (κ3) is 1.99. The number of amides is 1. The molecule has 0 spiro atoms. The van der Waals surface area contributed by atoms with Crippen molar-refractivity contribution < 1.29 is 9.53 Å².